The summed E-state index contributed by atoms with van der Waals surface area (Å²) in [6.07, 6.45) is 3.43. The van der Waals surface area contributed by atoms with Gasteiger partial charge in [-0.15, -0.1) is 0 Å². The van der Waals surface area contributed by atoms with Crippen LogP contribution in [0.1, 0.15) is 24.8 Å². The van der Waals surface area contributed by atoms with Crippen LogP contribution in [0, 0.1) is 6.92 Å². The van der Waals surface area contributed by atoms with E-state index in [9.17, 15) is 4.79 Å². The summed E-state index contributed by atoms with van der Waals surface area (Å²) in [5.74, 6) is -0.201. The van der Waals surface area contributed by atoms with E-state index in [4.69, 9.17) is 12.2 Å². The van der Waals surface area contributed by atoms with Gasteiger partial charge >= 0.3 is 0 Å². The van der Waals surface area contributed by atoms with Crippen molar-refractivity contribution in [2.75, 3.05) is 18.4 Å². The molecule has 1 aromatic carbocycles. The molecule has 1 fully saturated rings. The molecule has 0 atom stereocenters. The summed E-state index contributed by atoms with van der Waals surface area (Å²) in [6, 6.07) is 3.87. The summed E-state index contributed by atoms with van der Waals surface area (Å²) in [5, 5.41) is 2.91. The molecule has 6 heteroatoms. The fourth-order valence-corrected chi connectivity index (χ4v) is 4.04. The monoisotopic (exact) mass is 418 g/mol. The van der Waals surface area contributed by atoms with Gasteiger partial charge in [0, 0.05) is 22.0 Å². The van der Waals surface area contributed by atoms with Crippen LogP contribution in [0.5, 0.6) is 0 Å². The first kappa shape index (κ1) is 15.9. The van der Waals surface area contributed by atoms with Gasteiger partial charge in [-0.05, 0) is 59.8 Å². The van der Waals surface area contributed by atoms with Gasteiger partial charge in [0.05, 0.1) is 5.69 Å². The Morgan fingerprint density at radius 3 is 2.50 bits per heavy atom. The van der Waals surface area contributed by atoms with Crippen LogP contribution in [0.25, 0.3) is 0 Å². The first-order chi connectivity index (χ1) is 9.49. The smallest absolute Gasteiger partial charge is 0.283 e. The Morgan fingerprint density at radius 2 is 1.90 bits per heavy atom. The number of nitrogens with zero attached hydrogens (tertiary/aromatic N) is 1. The normalized spacial score (nSPS) is 15.1. The minimum absolute atomic E-state index is 0.201. The predicted octanol–water partition coefficient (Wildman–Crippen LogP) is 4.27. The van der Waals surface area contributed by atoms with Gasteiger partial charge < -0.3 is 10.2 Å². The zero-order chi connectivity index (χ0) is 14.7. The molecular weight excluding hydrogens is 404 g/mol. The van der Waals surface area contributed by atoms with Crippen LogP contribution in [0.4, 0.5) is 5.69 Å². The molecule has 1 aromatic rings. The standard InChI is InChI=1S/C14H16Br2N2OS/c1-9-7-10(15)8-11(16)12(9)17-13(19)14(20)18-5-3-2-4-6-18/h7-8H,2-6H2,1H3,(H,17,19). The second-order valence-corrected chi connectivity index (χ2v) is 7.04. The van der Waals surface area contributed by atoms with Crippen LogP contribution in [0.3, 0.4) is 0 Å². The van der Waals surface area contributed by atoms with Gasteiger partial charge in [-0.25, -0.2) is 0 Å². The molecule has 1 saturated heterocycles. The number of likely N-dealkylation sites (tertiary alicyclic amines) is 1. The van der Waals surface area contributed by atoms with E-state index in [1.807, 2.05) is 24.0 Å². The Balaban J connectivity index is 2.09. The molecule has 1 heterocycles. The molecule has 1 amide bonds. The van der Waals surface area contributed by atoms with Gasteiger partial charge in [0.1, 0.15) is 0 Å². The van der Waals surface area contributed by atoms with E-state index in [0.29, 0.717) is 4.99 Å². The third-order valence-corrected chi connectivity index (χ3v) is 4.86. The van der Waals surface area contributed by atoms with Crippen molar-refractivity contribution in [2.45, 2.75) is 26.2 Å². The molecule has 0 radical (unpaired) electrons. The number of hydrogen-bond donors (Lipinski definition) is 1. The average Bonchev–Trinajstić information content (AvgIpc) is 2.42. The summed E-state index contributed by atoms with van der Waals surface area (Å²) in [6.45, 7) is 3.72. The minimum atomic E-state index is -0.201. The molecule has 1 N–H and O–H groups in total. The zero-order valence-corrected chi connectivity index (χ0v) is 15.2. The Hall–Kier alpha value is -0.460. The highest BCUT2D eigenvalue weighted by Gasteiger charge is 2.20. The summed E-state index contributed by atoms with van der Waals surface area (Å²) in [5.41, 5.74) is 1.76. The van der Waals surface area contributed by atoms with E-state index in [1.165, 1.54) is 6.42 Å². The molecule has 0 bridgehead atoms. The van der Waals surface area contributed by atoms with Crippen LogP contribution in [0.15, 0.2) is 21.1 Å². The van der Waals surface area contributed by atoms with E-state index in [-0.39, 0.29) is 5.91 Å². The van der Waals surface area contributed by atoms with E-state index in [1.54, 1.807) is 0 Å². The van der Waals surface area contributed by atoms with Gasteiger partial charge in [-0.1, -0.05) is 28.1 Å². The molecule has 0 spiro atoms. The molecule has 1 aliphatic heterocycles. The number of rotatable bonds is 1. The molecule has 20 heavy (non-hydrogen) atoms. The number of anilines is 1. The highest BCUT2D eigenvalue weighted by atomic mass is 79.9. The number of aryl methyl sites for hydroxylation is 1. The maximum atomic E-state index is 12.3. The Labute approximate surface area is 141 Å². The number of thiocarbonyl (C=S) groups is 1. The fourth-order valence-electron chi connectivity index (χ4n) is 2.27. The number of halogens is 2. The first-order valence-electron chi connectivity index (χ1n) is 6.55. The van der Waals surface area contributed by atoms with Gasteiger partial charge in [0.25, 0.3) is 5.91 Å². The molecular formula is C14H16Br2N2OS. The molecule has 2 rings (SSSR count). The number of hydrogen-bond acceptors (Lipinski definition) is 2. The van der Waals surface area contributed by atoms with Crippen LogP contribution in [0.2, 0.25) is 0 Å². The SMILES string of the molecule is Cc1cc(Br)cc(Br)c1NC(=O)C(=S)N1CCCCC1. The van der Waals surface area contributed by atoms with Gasteiger partial charge in [-0.3, -0.25) is 4.79 Å². The maximum absolute atomic E-state index is 12.3. The molecule has 1 aliphatic rings. The van der Waals surface area contributed by atoms with E-state index < -0.39 is 0 Å². The molecule has 0 aromatic heterocycles. The highest BCUT2D eigenvalue weighted by molar-refractivity contribution is 9.11. The van der Waals surface area contributed by atoms with Gasteiger partial charge in [0.15, 0.2) is 4.99 Å². The van der Waals surface area contributed by atoms with Crippen LogP contribution in [-0.2, 0) is 4.79 Å². The van der Waals surface area contributed by atoms with Gasteiger partial charge in [-0.2, -0.15) is 0 Å². The van der Waals surface area contributed by atoms with E-state index in [0.717, 1.165) is 46.1 Å². The Bertz CT molecular complexity index is 519. The number of nitrogens with one attached hydrogen (secondary N) is 1. The van der Waals surface area contributed by atoms with Crippen molar-refractivity contribution < 1.29 is 4.79 Å². The number of piperidine rings is 1. The summed E-state index contributed by atoms with van der Waals surface area (Å²) < 4.78 is 1.82. The zero-order valence-electron chi connectivity index (χ0n) is 11.2. The number of amides is 1. The van der Waals surface area contributed by atoms with Crippen molar-refractivity contribution in [3.63, 3.8) is 0 Å². The third-order valence-electron chi connectivity index (χ3n) is 3.33. The van der Waals surface area contributed by atoms with Crippen LogP contribution in [-0.4, -0.2) is 28.9 Å². The van der Waals surface area contributed by atoms with Crippen LogP contribution >= 0.6 is 44.1 Å². The first-order valence-corrected chi connectivity index (χ1v) is 8.54. The number of carbonyl (C=O) groups excluding carboxylic acids is 1. The maximum Gasteiger partial charge on any atom is 0.283 e. The van der Waals surface area contributed by atoms with E-state index in [2.05, 4.69) is 37.2 Å². The average molecular weight is 420 g/mol. The van der Waals surface area contributed by atoms with Crippen molar-refractivity contribution in [2.24, 2.45) is 0 Å². The Morgan fingerprint density at radius 1 is 1.25 bits per heavy atom. The van der Waals surface area contributed by atoms with Crippen molar-refractivity contribution >= 4 is 60.7 Å². The topological polar surface area (TPSA) is 32.3 Å². The lowest BCUT2D eigenvalue weighted by Gasteiger charge is -2.28. The Kier molecular flexibility index (Phi) is 5.57. The summed E-state index contributed by atoms with van der Waals surface area (Å²) in [7, 11) is 0. The number of benzene rings is 1. The molecule has 0 aliphatic carbocycles. The minimum Gasteiger partial charge on any atom is -0.358 e. The second kappa shape index (κ2) is 7.00. The lowest BCUT2D eigenvalue weighted by atomic mass is 10.1. The van der Waals surface area contributed by atoms with Crippen LogP contribution < -0.4 is 5.32 Å². The highest BCUT2D eigenvalue weighted by Crippen LogP contribution is 2.30. The number of carbonyl (C=O) groups is 1. The molecule has 0 unspecified atom stereocenters. The largest absolute Gasteiger partial charge is 0.358 e. The van der Waals surface area contributed by atoms with Crippen molar-refractivity contribution in [3.8, 4) is 0 Å². The fraction of sp³-hybridized carbons (Fsp3) is 0.429. The quantitative estimate of drug-likeness (QED) is 0.689. The predicted molar refractivity (Wildman–Crippen MR) is 93.2 cm³/mol. The van der Waals surface area contributed by atoms with Crippen molar-refractivity contribution in [1.29, 1.82) is 0 Å². The van der Waals surface area contributed by atoms with Crippen molar-refractivity contribution in [3.05, 3.63) is 26.6 Å². The summed E-state index contributed by atoms with van der Waals surface area (Å²) in [4.78, 5) is 14.7. The molecule has 108 valence electrons. The third kappa shape index (κ3) is 3.80. The lowest BCUT2D eigenvalue weighted by molar-refractivity contribution is -0.110. The second-order valence-electron chi connectivity index (χ2n) is 4.89. The molecule has 3 nitrogen and oxygen atoms in total. The molecule has 0 saturated carbocycles. The lowest BCUT2D eigenvalue weighted by Crippen LogP contribution is -2.41. The summed E-state index contributed by atoms with van der Waals surface area (Å²) >= 11 is 12.2. The van der Waals surface area contributed by atoms with Gasteiger partial charge in [0.2, 0.25) is 0 Å². The van der Waals surface area contributed by atoms with Crippen molar-refractivity contribution in [1.82, 2.24) is 4.90 Å². The van der Waals surface area contributed by atoms with E-state index >= 15 is 0 Å².